The van der Waals surface area contributed by atoms with E-state index >= 15 is 0 Å². The van der Waals surface area contributed by atoms with E-state index in [4.69, 9.17) is 0 Å². The van der Waals surface area contributed by atoms with Gasteiger partial charge in [-0.3, -0.25) is 0 Å². The van der Waals surface area contributed by atoms with Crippen LogP contribution in [-0.4, -0.2) is 17.6 Å². The number of hydrogen-bond acceptors (Lipinski definition) is 0. The molecule has 0 aliphatic carbocycles. The Morgan fingerprint density at radius 1 is 0.600 bits per heavy atom. The molecule has 0 aliphatic heterocycles. The zero-order valence-electron chi connectivity index (χ0n) is 8.15. The third kappa shape index (κ3) is 306. The first-order valence-electron chi connectivity index (χ1n) is 3.00. The molecule has 0 aromatic heterocycles. The van der Waals surface area contributed by atoms with Crippen molar-refractivity contribution in [2.24, 2.45) is 0 Å². The van der Waals surface area contributed by atoms with Gasteiger partial charge in [-0.15, -0.1) is 0 Å². The predicted molar refractivity (Wildman–Crippen MR) is 52.0 cm³/mol. The predicted octanol–water partition coefficient (Wildman–Crippen LogP) is 3.46. The smallest absolute Gasteiger partial charge is 0.0379 e. The largest absolute Gasteiger partial charge is 0.693 e. The minimum absolute atomic E-state index is 0. The molecule has 4 heteroatoms. The van der Waals surface area contributed by atoms with Crippen LogP contribution >= 0.6 is 0 Å². The quantitative estimate of drug-likeness (QED) is 0.591. The summed E-state index contributed by atoms with van der Waals surface area (Å²) in [6.07, 6.45) is 0. The third-order valence-electron chi connectivity index (χ3n) is 0. The molecule has 3 radical (unpaired) electrons. The summed E-state index contributed by atoms with van der Waals surface area (Å²) in [6.45, 7) is 13.6. The molecule has 1 nitrogen and oxygen atoms in total. The molecule has 61 valence electrons. The van der Waals surface area contributed by atoms with Crippen molar-refractivity contribution in [2.75, 3.05) is 0 Å². The fourth-order valence-electron chi connectivity index (χ4n) is 0. The molecule has 2 N–H and O–H groups in total. The van der Waals surface area contributed by atoms with Crippen LogP contribution < -0.4 is 0 Å². The molecule has 0 amide bonds. The van der Waals surface area contributed by atoms with Gasteiger partial charge in [-0.2, -0.15) is 0 Å². The van der Waals surface area contributed by atoms with Crippen LogP contribution in [0.1, 0.15) is 0 Å². The molecule has 0 atom stereocenters. The molecule has 0 aromatic carbocycles. The zero-order valence-corrected chi connectivity index (χ0v) is 13.0. The van der Waals surface area contributed by atoms with Gasteiger partial charge >= 0.3 is 0 Å². The molecule has 0 heterocycles. The standard InChI is InChI=1S/2C3H9Si.H2N.Y/c2*1-4(2)3;;/h2*1-3H3;1H2;/q;;-1;. The first-order valence-corrected chi connectivity index (χ1v) is 9.00. The van der Waals surface area contributed by atoms with Crippen molar-refractivity contribution in [3.05, 3.63) is 6.15 Å². The Morgan fingerprint density at radius 2 is 0.600 bits per heavy atom. The summed E-state index contributed by atoms with van der Waals surface area (Å²) in [5, 5.41) is 0. The van der Waals surface area contributed by atoms with Gasteiger partial charge < -0.3 is 6.15 Å². The topological polar surface area (TPSA) is 33.5 Å². The van der Waals surface area contributed by atoms with E-state index in [1.807, 2.05) is 0 Å². The first kappa shape index (κ1) is 22.5. The summed E-state index contributed by atoms with van der Waals surface area (Å²) in [6, 6.07) is 0. The number of nitrogens with two attached hydrogens (primary N) is 1. The van der Waals surface area contributed by atoms with Gasteiger partial charge in [-0.25, -0.2) is 0 Å². The van der Waals surface area contributed by atoms with Gasteiger partial charge in [0.15, 0.2) is 0 Å². The summed E-state index contributed by atoms with van der Waals surface area (Å²) in [5.74, 6) is 0. The van der Waals surface area contributed by atoms with Crippen LogP contribution in [0.4, 0.5) is 0 Å². The second kappa shape index (κ2) is 16.8. The van der Waals surface area contributed by atoms with Crippen LogP contribution in [0.25, 0.3) is 6.15 Å². The second-order valence-corrected chi connectivity index (χ2v) is 9.00. The van der Waals surface area contributed by atoms with Crippen LogP contribution in [-0.2, 0) is 32.7 Å². The van der Waals surface area contributed by atoms with Crippen molar-refractivity contribution in [3.63, 3.8) is 0 Å². The maximum Gasteiger partial charge on any atom is 0.0379 e. The summed E-state index contributed by atoms with van der Waals surface area (Å²) in [5.41, 5.74) is 0. The van der Waals surface area contributed by atoms with Crippen LogP contribution in [0.2, 0.25) is 39.3 Å². The fraction of sp³-hybridized carbons (Fsp3) is 1.00. The third-order valence-corrected chi connectivity index (χ3v) is 0. The van der Waals surface area contributed by atoms with Gasteiger partial charge in [0.25, 0.3) is 0 Å². The van der Waals surface area contributed by atoms with Gasteiger partial charge in [-0.05, 0) is 0 Å². The number of hydrogen-bond donors (Lipinski definition) is 0. The van der Waals surface area contributed by atoms with Gasteiger partial charge in [-0.1, -0.05) is 39.3 Å². The number of rotatable bonds is 0. The molecule has 0 fully saturated rings. The molecule has 10 heavy (non-hydrogen) atoms. The second-order valence-electron chi connectivity index (χ2n) is 3.00. The maximum atomic E-state index is 2.27. The monoisotopic (exact) mass is 251 g/mol. The Labute approximate surface area is 95.0 Å². The van der Waals surface area contributed by atoms with Gasteiger partial charge in [0.1, 0.15) is 0 Å². The average Bonchev–Trinajstić information content (AvgIpc) is 1.25. The summed E-state index contributed by atoms with van der Waals surface area (Å²) >= 11 is 0. The van der Waals surface area contributed by atoms with E-state index in [9.17, 15) is 0 Å². The van der Waals surface area contributed by atoms with Crippen molar-refractivity contribution in [2.45, 2.75) is 39.3 Å². The fourth-order valence-corrected chi connectivity index (χ4v) is 0. The Bertz CT molecular complexity index is 31.2. The Morgan fingerprint density at radius 3 is 0.600 bits per heavy atom. The van der Waals surface area contributed by atoms with Crippen LogP contribution in [0, 0.1) is 0 Å². The minimum Gasteiger partial charge on any atom is -0.693 e. The van der Waals surface area contributed by atoms with Crippen LogP contribution in [0.15, 0.2) is 0 Å². The molecule has 0 bridgehead atoms. The molecule has 0 spiro atoms. The van der Waals surface area contributed by atoms with E-state index in [0.29, 0.717) is 0 Å². The van der Waals surface area contributed by atoms with Crippen molar-refractivity contribution in [1.29, 1.82) is 0 Å². The first-order chi connectivity index (χ1) is 3.46. The zero-order chi connectivity index (χ0) is 7.15. The SMILES string of the molecule is C[Si](C)C.C[Si](C)C.[NH2-].[Y]. The molecule has 0 saturated heterocycles. The Balaban J connectivity index is -0.0000000300. The Kier molecular flexibility index (Phi) is 38.0. The van der Waals surface area contributed by atoms with Crippen molar-refractivity contribution < 1.29 is 32.7 Å². The molecule has 0 rings (SSSR count). The van der Waals surface area contributed by atoms with Crippen molar-refractivity contribution in [3.8, 4) is 0 Å². The van der Waals surface area contributed by atoms with Gasteiger partial charge in [0, 0.05) is 50.3 Å². The van der Waals surface area contributed by atoms with E-state index in [0.717, 1.165) is 0 Å². The van der Waals surface area contributed by atoms with E-state index in [2.05, 4.69) is 39.3 Å². The van der Waals surface area contributed by atoms with Crippen molar-refractivity contribution in [1.82, 2.24) is 0 Å². The minimum atomic E-state index is 0. The summed E-state index contributed by atoms with van der Waals surface area (Å²) in [7, 11) is 0.241. The average molecular weight is 251 g/mol. The summed E-state index contributed by atoms with van der Waals surface area (Å²) in [4.78, 5) is 0. The van der Waals surface area contributed by atoms with Crippen molar-refractivity contribution >= 4 is 17.6 Å². The van der Waals surface area contributed by atoms with E-state index in [1.54, 1.807) is 0 Å². The van der Waals surface area contributed by atoms with E-state index < -0.39 is 0 Å². The van der Waals surface area contributed by atoms with Crippen LogP contribution in [0.5, 0.6) is 0 Å². The van der Waals surface area contributed by atoms with Gasteiger partial charge in [0.2, 0.25) is 0 Å². The van der Waals surface area contributed by atoms with E-state index in [1.165, 1.54) is 0 Å². The maximum absolute atomic E-state index is 2.27. The Hall–Kier alpha value is 1.50. The molecule has 0 saturated carbocycles. The molecular formula is C6H20NSi2Y-. The summed E-state index contributed by atoms with van der Waals surface area (Å²) < 4.78 is 0. The normalized spacial score (nSPS) is 7.20. The van der Waals surface area contributed by atoms with Gasteiger partial charge in [0.05, 0.1) is 0 Å². The molecule has 0 aliphatic rings. The molecular weight excluding hydrogens is 231 g/mol. The molecule has 0 unspecified atom stereocenters. The van der Waals surface area contributed by atoms with Crippen LogP contribution in [0.3, 0.4) is 0 Å². The molecule has 0 aromatic rings. The van der Waals surface area contributed by atoms with E-state index in [-0.39, 0.29) is 56.5 Å².